The fraction of sp³-hybridized carbons (Fsp3) is 0.474. The molecule has 0 saturated carbocycles. The van der Waals surface area contributed by atoms with Gasteiger partial charge in [0.05, 0.1) is 14.7 Å². The molecule has 0 aliphatic carbocycles. The number of halogens is 2. The van der Waals surface area contributed by atoms with Crippen LogP contribution in [-0.4, -0.2) is 116 Å². The first-order chi connectivity index (χ1) is 26.7. The second-order valence-electron chi connectivity index (χ2n) is 15.7. The van der Waals surface area contributed by atoms with Crippen LogP contribution < -0.4 is 4.74 Å². The molecule has 2 saturated heterocycles. The Morgan fingerprint density at radius 3 is 1.38 bits per heavy atom. The molecule has 16 nitrogen and oxygen atoms in total. The molecule has 0 N–H and O–H groups in total. The van der Waals surface area contributed by atoms with Crippen molar-refractivity contribution in [1.29, 1.82) is 0 Å². The summed E-state index contributed by atoms with van der Waals surface area (Å²) in [6.45, 7) is 16.1. The topological polar surface area (TPSA) is 186 Å². The largest absolute Gasteiger partial charge is 0.457 e. The van der Waals surface area contributed by atoms with Gasteiger partial charge >= 0.3 is 12.2 Å². The first-order valence-electron chi connectivity index (χ1n) is 18.2. The van der Waals surface area contributed by atoms with Crippen LogP contribution in [-0.2, 0) is 29.5 Å². The summed E-state index contributed by atoms with van der Waals surface area (Å²) in [6, 6.07) is 14.2. The lowest BCUT2D eigenvalue weighted by Gasteiger charge is -2.35. The lowest BCUT2D eigenvalue weighted by atomic mass is 10.1. The number of aryl methyl sites for hydroxylation is 2. The molecule has 2 aliphatic heterocycles. The minimum Gasteiger partial charge on any atom is -0.457 e. The second kappa shape index (κ2) is 18.6. The fourth-order valence-electron chi connectivity index (χ4n) is 5.85. The van der Waals surface area contributed by atoms with Gasteiger partial charge in [0.25, 0.3) is 5.69 Å². The molecule has 0 radical (unpaired) electrons. The van der Waals surface area contributed by atoms with Crippen molar-refractivity contribution in [2.75, 3.05) is 52.4 Å². The van der Waals surface area contributed by atoms with Gasteiger partial charge in [-0.25, -0.2) is 26.4 Å². The van der Waals surface area contributed by atoms with E-state index in [0.29, 0.717) is 20.4 Å². The normalized spacial score (nSPS) is 15.9. The van der Waals surface area contributed by atoms with E-state index in [1.165, 1.54) is 36.6 Å². The minimum atomic E-state index is -3.90. The van der Waals surface area contributed by atoms with Gasteiger partial charge in [-0.15, -0.1) is 0 Å². The molecule has 3 aromatic carbocycles. The van der Waals surface area contributed by atoms with Crippen LogP contribution in [0.25, 0.3) is 0 Å². The van der Waals surface area contributed by atoms with Crippen molar-refractivity contribution in [3.63, 3.8) is 0 Å². The van der Waals surface area contributed by atoms with E-state index in [4.69, 9.17) is 14.2 Å². The quantitative estimate of drug-likeness (QED) is 0.167. The Balaban J connectivity index is 0.000000262. The van der Waals surface area contributed by atoms with E-state index in [0.717, 1.165) is 17.2 Å². The maximum Gasteiger partial charge on any atom is 0.410 e. The van der Waals surface area contributed by atoms with Crippen LogP contribution in [0, 0.1) is 24.0 Å². The number of nitro groups is 1. The second-order valence-corrected chi connectivity index (χ2v) is 21.4. The molecule has 2 heterocycles. The number of sulfonamides is 2. The number of nitrogens with zero attached hydrogens (tertiary/aromatic N) is 5. The SMILES string of the molecule is CC(C)(C)OC(=O)N1CCN(S(=O)(=O)c2cc(Br)cc([N+](=O)[O-])c2)CC1.Cc1cc(C)cc(Oc2cc(Br)cc(S(=O)(=O)N3CCN(C(=O)OC(C)(C)C)CC3)c2)c1. The molecule has 2 fully saturated rings. The van der Waals surface area contributed by atoms with Crippen molar-refractivity contribution in [2.45, 2.75) is 76.4 Å². The van der Waals surface area contributed by atoms with E-state index >= 15 is 0 Å². The maximum atomic E-state index is 13.3. The van der Waals surface area contributed by atoms with Crippen LogP contribution in [0.2, 0.25) is 0 Å². The highest BCUT2D eigenvalue weighted by atomic mass is 79.9. The van der Waals surface area contributed by atoms with Crippen molar-refractivity contribution >= 4 is 69.8 Å². The number of nitro benzene ring substituents is 1. The standard InChI is InChI=1S/C23H29BrN2O5S.C15H20BrN3O6S/c1-16-10-17(2)12-19(11-16)30-20-13-18(24)14-21(15-20)32(28,29)26-8-6-25(7-9-26)22(27)31-23(3,4)5;1-15(2,3)25-14(20)17-4-6-18(7-5-17)26(23,24)13-9-11(16)8-12(10-13)19(21)22/h10-15H,6-9H2,1-5H3;8-10H,4-7H2,1-3H3. The summed E-state index contributed by atoms with van der Waals surface area (Å²) in [5.74, 6) is 1.07. The van der Waals surface area contributed by atoms with Crippen molar-refractivity contribution in [2.24, 2.45) is 0 Å². The van der Waals surface area contributed by atoms with Gasteiger partial charge in [-0.05, 0) is 96.8 Å². The lowest BCUT2D eigenvalue weighted by Crippen LogP contribution is -2.51. The number of ether oxygens (including phenoxy) is 3. The third kappa shape index (κ3) is 13.1. The number of carbonyl (C=O) groups is 2. The van der Waals surface area contributed by atoms with Crippen LogP contribution in [0.5, 0.6) is 11.5 Å². The third-order valence-corrected chi connectivity index (χ3v) is 13.1. The number of carbonyl (C=O) groups excluding carboxylic acids is 2. The zero-order valence-corrected chi connectivity index (χ0v) is 38.5. The molecule has 20 heteroatoms. The molecule has 0 bridgehead atoms. The summed E-state index contributed by atoms with van der Waals surface area (Å²) in [7, 11) is -7.66. The van der Waals surface area contributed by atoms with Crippen molar-refractivity contribution in [1.82, 2.24) is 18.4 Å². The summed E-state index contributed by atoms with van der Waals surface area (Å²) in [6.07, 6.45) is -0.922. The van der Waals surface area contributed by atoms with Crippen LogP contribution >= 0.6 is 31.9 Å². The molecule has 0 spiro atoms. The zero-order chi connectivity index (χ0) is 43.4. The first kappa shape index (κ1) is 46.9. The highest BCUT2D eigenvalue weighted by molar-refractivity contribution is 9.10. The van der Waals surface area contributed by atoms with Crippen LogP contribution in [0.4, 0.5) is 15.3 Å². The molecule has 3 aromatic rings. The number of benzene rings is 3. The van der Waals surface area contributed by atoms with Crippen molar-refractivity contribution in [3.8, 4) is 11.5 Å². The average Bonchev–Trinajstić information content (AvgIpc) is 3.09. The molecule has 0 atom stereocenters. The number of amides is 2. The highest BCUT2D eigenvalue weighted by Gasteiger charge is 2.34. The van der Waals surface area contributed by atoms with Crippen LogP contribution in [0.1, 0.15) is 52.7 Å². The van der Waals surface area contributed by atoms with Gasteiger partial charge in [-0.2, -0.15) is 8.61 Å². The van der Waals surface area contributed by atoms with E-state index < -0.39 is 48.4 Å². The number of piperazine rings is 2. The van der Waals surface area contributed by atoms with Crippen LogP contribution in [0.3, 0.4) is 0 Å². The van der Waals surface area contributed by atoms with E-state index in [9.17, 15) is 36.5 Å². The Morgan fingerprint density at radius 2 is 0.983 bits per heavy atom. The predicted molar refractivity (Wildman–Crippen MR) is 224 cm³/mol. The highest BCUT2D eigenvalue weighted by Crippen LogP contribution is 2.32. The lowest BCUT2D eigenvalue weighted by molar-refractivity contribution is -0.385. The Hall–Kier alpha value is -3.82. The molecular weight excluding hydrogens is 926 g/mol. The van der Waals surface area contributed by atoms with Gasteiger partial charge < -0.3 is 24.0 Å². The van der Waals surface area contributed by atoms with Gasteiger partial charge in [-0.1, -0.05) is 37.9 Å². The molecule has 0 unspecified atom stereocenters. The summed E-state index contributed by atoms with van der Waals surface area (Å²) >= 11 is 6.49. The summed E-state index contributed by atoms with van der Waals surface area (Å²) < 4.78 is 72.2. The predicted octanol–water partition coefficient (Wildman–Crippen LogP) is 7.70. The number of hydrogen-bond donors (Lipinski definition) is 0. The fourth-order valence-corrected chi connectivity index (χ4v) is 10.1. The molecule has 2 aliphatic rings. The molecule has 0 aromatic heterocycles. The van der Waals surface area contributed by atoms with E-state index in [2.05, 4.69) is 31.9 Å². The third-order valence-electron chi connectivity index (χ3n) is 8.40. The summed E-state index contributed by atoms with van der Waals surface area (Å²) in [5, 5.41) is 11.0. The number of non-ortho nitro benzene ring substituents is 1. The van der Waals surface area contributed by atoms with E-state index in [1.807, 2.05) is 32.0 Å². The van der Waals surface area contributed by atoms with Crippen molar-refractivity contribution in [3.05, 3.63) is 84.8 Å². The Morgan fingerprint density at radius 1 is 0.603 bits per heavy atom. The molecule has 58 heavy (non-hydrogen) atoms. The Kier molecular flexibility index (Phi) is 15.0. The zero-order valence-electron chi connectivity index (χ0n) is 33.7. The van der Waals surface area contributed by atoms with E-state index in [1.54, 1.807) is 53.7 Å². The number of rotatable bonds is 7. The summed E-state index contributed by atoms with van der Waals surface area (Å²) in [5.41, 5.74) is 0.583. The monoisotopic (exact) mass is 973 g/mol. The first-order valence-corrected chi connectivity index (χ1v) is 22.7. The van der Waals surface area contributed by atoms with Gasteiger partial charge in [0.1, 0.15) is 22.7 Å². The average molecular weight is 976 g/mol. The van der Waals surface area contributed by atoms with Gasteiger partial charge in [-0.3, -0.25) is 10.1 Å². The van der Waals surface area contributed by atoms with Gasteiger partial charge in [0, 0.05) is 79.5 Å². The Bertz CT molecular complexity index is 2210. The Labute approximate surface area is 356 Å². The molecule has 5 rings (SSSR count). The summed E-state index contributed by atoms with van der Waals surface area (Å²) in [4.78, 5) is 37.6. The van der Waals surface area contributed by atoms with Crippen LogP contribution in [0.15, 0.2) is 73.3 Å². The maximum absolute atomic E-state index is 13.3. The van der Waals surface area contributed by atoms with Gasteiger partial charge in [0.15, 0.2) is 0 Å². The molecular formula is C38H49Br2N5O11S2. The van der Waals surface area contributed by atoms with Gasteiger partial charge in [0.2, 0.25) is 20.0 Å². The van der Waals surface area contributed by atoms with E-state index in [-0.39, 0.29) is 67.8 Å². The molecule has 2 amide bonds. The molecule has 318 valence electrons. The minimum absolute atomic E-state index is 0.0852. The van der Waals surface area contributed by atoms with Crippen molar-refractivity contribution < 1.29 is 45.6 Å². The number of hydrogen-bond acceptors (Lipinski definition) is 11. The smallest absolute Gasteiger partial charge is 0.410 e.